The van der Waals surface area contributed by atoms with Crippen LogP contribution >= 0.6 is 11.6 Å². The molecule has 1 aromatic carbocycles. The fraction of sp³-hybridized carbons (Fsp3) is 0.143. The summed E-state index contributed by atoms with van der Waals surface area (Å²) in [5.41, 5.74) is 3.21. The van der Waals surface area contributed by atoms with Crippen LogP contribution in [-0.2, 0) is 4.79 Å². The Bertz CT molecular complexity index is 609. The van der Waals surface area contributed by atoms with Crippen molar-refractivity contribution in [3.05, 3.63) is 52.9 Å². The lowest BCUT2D eigenvalue weighted by atomic mass is 10.2. The zero-order chi connectivity index (χ0) is 14.4. The van der Waals surface area contributed by atoms with E-state index in [1.54, 1.807) is 30.3 Å². The topological polar surface area (TPSA) is 63.8 Å². The van der Waals surface area contributed by atoms with Gasteiger partial charge in [0, 0.05) is 5.02 Å². The van der Waals surface area contributed by atoms with Crippen LogP contribution in [0.5, 0.6) is 5.75 Å². The molecule has 1 N–H and O–H groups in total. The summed E-state index contributed by atoms with van der Waals surface area (Å²) in [6.45, 7) is 1.73. The summed E-state index contributed by atoms with van der Waals surface area (Å²) in [6.07, 6.45) is 2.93. The number of hydrogen-bond donors (Lipinski definition) is 1. The number of hydrazone groups is 1. The minimum Gasteiger partial charge on any atom is -0.483 e. The molecule has 0 atom stereocenters. The Labute approximate surface area is 121 Å². The van der Waals surface area contributed by atoms with E-state index >= 15 is 0 Å². The maximum atomic E-state index is 11.5. The molecule has 1 amide bonds. The molecule has 0 unspecified atom stereocenters. The maximum Gasteiger partial charge on any atom is 0.277 e. The number of carbonyl (C=O) groups is 1. The van der Waals surface area contributed by atoms with E-state index in [1.165, 1.54) is 12.5 Å². The van der Waals surface area contributed by atoms with E-state index in [4.69, 9.17) is 20.8 Å². The number of amides is 1. The molecule has 0 saturated carbocycles. The smallest absolute Gasteiger partial charge is 0.277 e. The lowest BCUT2D eigenvalue weighted by Gasteiger charge is -2.08. The van der Waals surface area contributed by atoms with Gasteiger partial charge in [-0.1, -0.05) is 11.6 Å². The highest BCUT2D eigenvalue weighted by atomic mass is 35.5. The highest BCUT2D eigenvalue weighted by Crippen LogP contribution is 2.21. The minimum atomic E-state index is -0.359. The van der Waals surface area contributed by atoms with E-state index in [0.717, 1.165) is 5.56 Å². The van der Waals surface area contributed by atoms with Gasteiger partial charge in [-0.25, -0.2) is 5.43 Å². The number of hydrogen-bond acceptors (Lipinski definition) is 4. The molecule has 0 bridgehead atoms. The second kappa shape index (κ2) is 6.77. The van der Waals surface area contributed by atoms with Crippen molar-refractivity contribution >= 4 is 23.7 Å². The number of benzene rings is 1. The molecule has 0 fully saturated rings. The molecule has 1 aromatic heterocycles. The predicted molar refractivity (Wildman–Crippen MR) is 76.1 cm³/mol. The molecule has 2 rings (SSSR count). The third-order valence-corrected chi connectivity index (χ3v) is 2.66. The summed E-state index contributed by atoms with van der Waals surface area (Å²) in [4.78, 5) is 11.5. The van der Waals surface area contributed by atoms with Gasteiger partial charge in [0.1, 0.15) is 11.5 Å². The van der Waals surface area contributed by atoms with Gasteiger partial charge in [0.2, 0.25) is 0 Å². The quantitative estimate of drug-likeness (QED) is 0.681. The summed E-state index contributed by atoms with van der Waals surface area (Å²) >= 11 is 5.83. The van der Waals surface area contributed by atoms with Crippen molar-refractivity contribution in [1.82, 2.24) is 5.43 Å². The second-order valence-electron chi connectivity index (χ2n) is 4.01. The number of nitrogens with zero attached hydrogens (tertiary/aromatic N) is 1. The van der Waals surface area contributed by atoms with Crippen molar-refractivity contribution < 1.29 is 13.9 Å². The van der Waals surface area contributed by atoms with Crippen molar-refractivity contribution in [1.29, 1.82) is 0 Å². The maximum absolute atomic E-state index is 11.5. The zero-order valence-corrected chi connectivity index (χ0v) is 11.6. The molecule has 2 aromatic rings. The molecular formula is C14H13ClN2O3. The van der Waals surface area contributed by atoms with Crippen LogP contribution < -0.4 is 10.2 Å². The Morgan fingerprint density at radius 3 is 3.05 bits per heavy atom. The highest BCUT2D eigenvalue weighted by Gasteiger charge is 2.04. The first-order chi connectivity index (χ1) is 9.65. The van der Waals surface area contributed by atoms with Crippen molar-refractivity contribution in [2.75, 3.05) is 6.61 Å². The van der Waals surface area contributed by atoms with E-state index in [9.17, 15) is 4.79 Å². The van der Waals surface area contributed by atoms with E-state index in [1.807, 2.05) is 6.92 Å². The van der Waals surface area contributed by atoms with Crippen LogP contribution in [0.25, 0.3) is 0 Å². The number of rotatable bonds is 5. The van der Waals surface area contributed by atoms with Gasteiger partial charge in [-0.2, -0.15) is 5.10 Å². The zero-order valence-electron chi connectivity index (χ0n) is 10.8. The summed E-state index contributed by atoms with van der Waals surface area (Å²) in [5.74, 6) is 0.807. The molecule has 0 radical (unpaired) electrons. The molecule has 0 aliphatic heterocycles. The Hall–Kier alpha value is -2.27. The van der Waals surface area contributed by atoms with Gasteiger partial charge in [-0.15, -0.1) is 0 Å². The Morgan fingerprint density at radius 1 is 1.50 bits per heavy atom. The number of carbonyl (C=O) groups excluding carboxylic acids is 1. The third kappa shape index (κ3) is 4.13. The van der Waals surface area contributed by atoms with Gasteiger partial charge < -0.3 is 9.15 Å². The number of halogens is 1. The monoisotopic (exact) mass is 292 g/mol. The summed E-state index contributed by atoms with van der Waals surface area (Å²) in [5, 5.41) is 4.37. The van der Waals surface area contributed by atoms with Crippen LogP contribution in [0.1, 0.15) is 11.3 Å². The first-order valence-corrected chi connectivity index (χ1v) is 6.27. The van der Waals surface area contributed by atoms with Crippen molar-refractivity contribution in [2.24, 2.45) is 5.10 Å². The van der Waals surface area contributed by atoms with Crippen molar-refractivity contribution in [3.8, 4) is 5.75 Å². The van der Waals surface area contributed by atoms with Crippen LogP contribution in [0.3, 0.4) is 0 Å². The van der Waals surface area contributed by atoms with Crippen LogP contribution in [0.15, 0.2) is 46.1 Å². The van der Waals surface area contributed by atoms with Crippen molar-refractivity contribution in [2.45, 2.75) is 6.92 Å². The van der Waals surface area contributed by atoms with Crippen LogP contribution in [0, 0.1) is 6.92 Å². The Morgan fingerprint density at radius 2 is 2.35 bits per heavy atom. The molecule has 20 heavy (non-hydrogen) atoms. The molecule has 0 aliphatic rings. The van der Waals surface area contributed by atoms with Crippen LogP contribution in [0.4, 0.5) is 0 Å². The molecule has 5 nitrogen and oxygen atoms in total. The Kier molecular flexibility index (Phi) is 4.79. The fourth-order valence-electron chi connectivity index (χ4n) is 1.48. The molecule has 0 saturated heterocycles. The largest absolute Gasteiger partial charge is 0.483 e. The molecular weight excluding hydrogens is 280 g/mol. The Balaban J connectivity index is 1.80. The average Bonchev–Trinajstić information content (AvgIpc) is 2.91. The highest BCUT2D eigenvalue weighted by molar-refractivity contribution is 6.30. The molecule has 0 spiro atoms. The summed E-state index contributed by atoms with van der Waals surface area (Å²) in [7, 11) is 0. The molecule has 104 valence electrons. The van der Waals surface area contributed by atoms with Crippen molar-refractivity contribution in [3.63, 3.8) is 0 Å². The number of ether oxygens (including phenoxy) is 1. The standard InChI is InChI=1S/C14H13ClN2O3/c1-10-7-11(15)4-5-13(10)20-9-14(18)17-16-8-12-3-2-6-19-12/h2-8H,9H2,1H3,(H,17,18)/b16-8+. The minimum absolute atomic E-state index is 0.127. The van der Waals surface area contributed by atoms with Gasteiger partial charge in [0.15, 0.2) is 6.61 Å². The van der Waals surface area contributed by atoms with Crippen LogP contribution in [-0.4, -0.2) is 18.7 Å². The second-order valence-corrected chi connectivity index (χ2v) is 4.44. The third-order valence-electron chi connectivity index (χ3n) is 2.42. The van der Waals surface area contributed by atoms with Gasteiger partial charge in [-0.05, 0) is 42.8 Å². The number of aryl methyl sites for hydroxylation is 1. The van der Waals surface area contributed by atoms with E-state index in [0.29, 0.717) is 16.5 Å². The summed E-state index contributed by atoms with van der Waals surface area (Å²) < 4.78 is 10.4. The predicted octanol–water partition coefficient (Wildman–Crippen LogP) is 2.77. The first kappa shape index (κ1) is 14.1. The van der Waals surface area contributed by atoms with Gasteiger partial charge >= 0.3 is 0 Å². The van der Waals surface area contributed by atoms with E-state index in [2.05, 4.69) is 10.5 Å². The number of furan rings is 1. The van der Waals surface area contributed by atoms with E-state index < -0.39 is 0 Å². The SMILES string of the molecule is Cc1cc(Cl)ccc1OCC(=O)N/N=C/c1ccco1. The normalized spacial score (nSPS) is 10.7. The average molecular weight is 293 g/mol. The van der Waals surface area contributed by atoms with Gasteiger partial charge in [0.25, 0.3) is 5.91 Å². The summed E-state index contributed by atoms with van der Waals surface area (Å²) in [6, 6.07) is 8.65. The van der Waals surface area contributed by atoms with Gasteiger partial charge in [0.05, 0.1) is 12.5 Å². The molecule has 1 heterocycles. The lowest BCUT2D eigenvalue weighted by molar-refractivity contribution is -0.123. The van der Waals surface area contributed by atoms with Crippen LogP contribution in [0.2, 0.25) is 5.02 Å². The molecule has 6 heteroatoms. The molecule has 0 aliphatic carbocycles. The van der Waals surface area contributed by atoms with E-state index in [-0.39, 0.29) is 12.5 Å². The number of nitrogens with one attached hydrogen (secondary N) is 1. The first-order valence-electron chi connectivity index (χ1n) is 5.89. The fourth-order valence-corrected chi connectivity index (χ4v) is 1.71. The van der Waals surface area contributed by atoms with Gasteiger partial charge in [-0.3, -0.25) is 4.79 Å². The lowest BCUT2D eigenvalue weighted by Crippen LogP contribution is -2.24.